The van der Waals surface area contributed by atoms with E-state index < -0.39 is 0 Å². The summed E-state index contributed by atoms with van der Waals surface area (Å²) in [4.78, 5) is 17.6. The number of fused-ring (bicyclic) bond motifs is 1. The number of piperidine rings is 1. The van der Waals surface area contributed by atoms with Gasteiger partial charge in [-0.1, -0.05) is 18.2 Å². The number of nitrogens with zero attached hydrogens (tertiary/aromatic N) is 2. The van der Waals surface area contributed by atoms with Gasteiger partial charge in [-0.05, 0) is 80.7 Å². The molecule has 3 aromatic rings. The highest BCUT2D eigenvalue weighted by atomic mass is 32.1. The van der Waals surface area contributed by atoms with Crippen molar-refractivity contribution in [1.82, 2.24) is 14.5 Å². The van der Waals surface area contributed by atoms with Crippen molar-refractivity contribution in [2.24, 2.45) is 0 Å². The van der Waals surface area contributed by atoms with Crippen LogP contribution in [-0.2, 0) is 0 Å². The Kier molecular flexibility index (Phi) is 4.98. The highest BCUT2D eigenvalue weighted by molar-refractivity contribution is 7.80. The van der Waals surface area contributed by atoms with E-state index in [1.807, 2.05) is 28.8 Å². The Bertz CT molecular complexity index is 1090. The van der Waals surface area contributed by atoms with Gasteiger partial charge in [0.05, 0.1) is 11.0 Å². The Labute approximate surface area is 170 Å². The van der Waals surface area contributed by atoms with E-state index in [4.69, 9.17) is 12.2 Å². The predicted octanol–water partition coefficient (Wildman–Crippen LogP) is 4.29. The molecule has 2 N–H and O–H groups in total. The second kappa shape index (κ2) is 7.43. The minimum absolute atomic E-state index is 0.0221. The second-order valence-electron chi connectivity index (χ2n) is 7.72. The number of likely N-dealkylation sites (tertiary alicyclic amines) is 1. The van der Waals surface area contributed by atoms with Crippen LogP contribution in [0.25, 0.3) is 11.0 Å². The summed E-state index contributed by atoms with van der Waals surface area (Å²) < 4.78 is 1.91. The number of imidazole rings is 1. The second-order valence-corrected chi connectivity index (χ2v) is 8.10. The van der Waals surface area contributed by atoms with Crippen LogP contribution in [0.4, 0.5) is 5.69 Å². The topological polar surface area (TPSA) is 53.1 Å². The fourth-order valence-electron chi connectivity index (χ4n) is 4.05. The first kappa shape index (κ1) is 18.7. The van der Waals surface area contributed by atoms with Crippen LogP contribution in [0.2, 0.25) is 0 Å². The van der Waals surface area contributed by atoms with Crippen molar-refractivity contribution in [3.05, 3.63) is 63.6 Å². The van der Waals surface area contributed by atoms with E-state index in [9.17, 15) is 4.79 Å². The largest absolute Gasteiger partial charge is 0.349 e. The normalized spacial score (nSPS) is 15.2. The van der Waals surface area contributed by atoms with Crippen molar-refractivity contribution in [1.29, 1.82) is 0 Å². The third kappa shape index (κ3) is 3.44. The van der Waals surface area contributed by atoms with Crippen LogP contribution >= 0.6 is 12.2 Å². The molecule has 0 bridgehead atoms. The summed E-state index contributed by atoms with van der Waals surface area (Å²) in [5, 5.41) is 4.18. The maximum atomic E-state index is 12.4. The van der Waals surface area contributed by atoms with Crippen molar-refractivity contribution in [3.8, 4) is 0 Å². The summed E-state index contributed by atoms with van der Waals surface area (Å²) in [6.07, 6.45) is 1.80. The maximum Gasteiger partial charge on any atom is 0.326 e. The lowest BCUT2D eigenvalue weighted by atomic mass is 10.0. The number of hydrogen-bond donors (Lipinski definition) is 2. The van der Waals surface area contributed by atoms with E-state index >= 15 is 0 Å². The molecule has 1 aliphatic rings. The molecule has 4 rings (SSSR count). The lowest BCUT2D eigenvalue weighted by molar-refractivity contribution is 0.269. The molecule has 6 heteroatoms. The van der Waals surface area contributed by atoms with E-state index in [1.165, 1.54) is 16.7 Å². The van der Waals surface area contributed by atoms with Gasteiger partial charge in [-0.25, -0.2) is 4.79 Å². The molecule has 0 aliphatic carbocycles. The zero-order chi connectivity index (χ0) is 19.8. The third-order valence-electron chi connectivity index (χ3n) is 5.82. The van der Waals surface area contributed by atoms with Crippen LogP contribution in [-0.4, -0.2) is 32.7 Å². The Morgan fingerprint density at radius 2 is 1.75 bits per heavy atom. The van der Waals surface area contributed by atoms with Crippen molar-refractivity contribution < 1.29 is 0 Å². The minimum Gasteiger partial charge on any atom is -0.349 e. The molecule has 2 aromatic carbocycles. The van der Waals surface area contributed by atoms with E-state index in [1.54, 1.807) is 0 Å². The quantitative estimate of drug-likeness (QED) is 0.637. The maximum absolute atomic E-state index is 12.4. The van der Waals surface area contributed by atoms with Crippen LogP contribution in [0.1, 0.15) is 35.6 Å². The summed E-state index contributed by atoms with van der Waals surface area (Å²) in [5.41, 5.74) is 6.68. The van der Waals surface area contributed by atoms with Crippen LogP contribution in [0.5, 0.6) is 0 Å². The van der Waals surface area contributed by atoms with Crippen molar-refractivity contribution in [2.45, 2.75) is 39.7 Å². The molecule has 0 saturated carbocycles. The van der Waals surface area contributed by atoms with Crippen LogP contribution in [0.3, 0.4) is 0 Å². The van der Waals surface area contributed by atoms with Crippen molar-refractivity contribution in [2.75, 3.05) is 18.4 Å². The van der Waals surface area contributed by atoms with Crippen molar-refractivity contribution in [3.63, 3.8) is 0 Å². The lowest BCUT2D eigenvalue weighted by Gasteiger charge is -2.34. The van der Waals surface area contributed by atoms with E-state index in [2.05, 4.69) is 48.1 Å². The van der Waals surface area contributed by atoms with Gasteiger partial charge >= 0.3 is 5.69 Å². The Morgan fingerprint density at radius 1 is 1.07 bits per heavy atom. The number of anilines is 1. The molecule has 0 atom stereocenters. The number of aromatic nitrogens is 2. The molecule has 2 heterocycles. The fraction of sp³-hybridized carbons (Fsp3) is 0.364. The molecule has 0 unspecified atom stereocenters. The predicted molar refractivity (Wildman–Crippen MR) is 119 cm³/mol. The molecular weight excluding hydrogens is 368 g/mol. The van der Waals surface area contributed by atoms with E-state index in [0.717, 1.165) is 47.8 Å². The number of benzene rings is 2. The van der Waals surface area contributed by atoms with Crippen LogP contribution in [0.15, 0.2) is 41.2 Å². The third-order valence-corrected chi connectivity index (χ3v) is 6.18. The van der Waals surface area contributed by atoms with Crippen LogP contribution < -0.4 is 11.0 Å². The Hall–Kier alpha value is -2.60. The van der Waals surface area contributed by atoms with Gasteiger partial charge in [-0.2, -0.15) is 0 Å². The van der Waals surface area contributed by atoms with Gasteiger partial charge in [0.1, 0.15) is 0 Å². The molecule has 1 fully saturated rings. The molecule has 1 aromatic heterocycles. The summed E-state index contributed by atoms with van der Waals surface area (Å²) in [6.45, 7) is 8.03. The first-order valence-electron chi connectivity index (χ1n) is 9.77. The number of nitrogens with one attached hydrogen (secondary N) is 2. The van der Waals surface area contributed by atoms with Gasteiger partial charge < -0.3 is 15.2 Å². The van der Waals surface area contributed by atoms with E-state index in [-0.39, 0.29) is 11.7 Å². The van der Waals surface area contributed by atoms with Gasteiger partial charge in [0.2, 0.25) is 0 Å². The molecule has 5 nitrogen and oxygen atoms in total. The smallest absolute Gasteiger partial charge is 0.326 e. The number of aromatic amines is 1. The zero-order valence-corrected chi connectivity index (χ0v) is 17.4. The first-order chi connectivity index (χ1) is 13.4. The van der Waals surface area contributed by atoms with Gasteiger partial charge in [-0.15, -0.1) is 0 Å². The summed E-state index contributed by atoms with van der Waals surface area (Å²) >= 11 is 5.67. The number of H-pyrrole nitrogens is 1. The molecule has 28 heavy (non-hydrogen) atoms. The number of para-hydroxylation sites is 2. The van der Waals surface area contributed by atoms with E-state index in [0.29, 0.717) is 0 Å². The number of rotatable bonds is 2. The molecule has 146 valence electrons. The van der Waals surface area contributed by atoms with Gasteiger partial charge in [0.25, 0.3) is 0 Å². The summed E-state index contributed by atoms with van der Waals surface area (Å²) in [6, 6.07) is 12.4. The number of hydrogen-bond acceptors (Lipinski definition) is 2. The molecule has 0 amide bonds. The van der Waals surface area contributed by atoms with Crippen molar-refractivity contribution >= 4 is 34.1 Å². The van der Waals surface area contributed by atoms with Gasteiger partial charge in [0, 0.05) is 24.8 Å². The summed E-state index contributed by atoms with van der Waals surface area (Å²) in [5.74, 6) is 0. The zero-order valence-electron chi connectivity index (χ0n) is 16.6. The first-order valence-corrected chi connectivity index (χ1v) is 10.2. The SMILES string of the molecule is Cc1cc(C)c(NC(=S)N2CCC(n3c(=O)[nH]c4ccccc43)CC2)cc1C. The number of thiocarbonyl (C=S) groups is 1. The standard InChI is InChI=1S/C22H26N4OS/c1-14-12-16(3)19(13-15(14)2)24-22(28)25-10-8-17(9-11-25)26-20-7-5-4-6-18(20)23-21(26)27/h4-7,12-13,17H,8-11H2,1-3H3,(H,23,27)(H,24,28). The monoisotopic (exact) mass is 394 g/mol. The van der Waals surface area contributed by atoms with Gasteiger partial charge in [0.15, 0.2) is 5.11 Å². The minimum atomic E-state index is -0.0221. The highest BCUT2D eigenvalue weighted by Crippen LogP contribution is 2.26. The number of aryl methyl sites for hydroxylation is 3. The average molecular weight is 395 g/mol. The molecule has 1 aliphatic heterocycles. The molecule has 0 spiro atoms. The van der Waals surface area contributed by atoms with Gasteiger partial charge in [-0.3, -0.25) is 4.57 Å². The lowest BCUT2D eigenvalue weighted by Crippen LogP contribution is -2.42. The van der Waals surface area contributed by atoms with Crippen LogP contribution in [0, 0.1) is 20.8 Å². The fourth-order valence-corrected chi connectivity index (χ4v) is 4.35. The molecular formula is C22H26N4OS. The average Bonchev–Trinajstić information content (AvgIpc) is 3.02. The summed E-state index contributed by atoms with van der Waals surface area (Å²) in [7, 11) is 0. The highest BCUT2D eigenvalue weighted by Gasteiger charge is 2.25. The molecule has 1 saturated heterocycles. The molecule has 0 radical (unpaired) electrons. The Balaban J connectivity index is 1.45. The Morgan fingerprint density at radius 3 is 2.50 bits per heavy atom.